The molecule has 0 fully saturated rings. The average molecular weight is 356 g/mol. The Bertz CT molecular complexity index is 832. The lowest BCUT2D eigenvalue weighted by atomic mass is 10.0. The van der Waals surface area contributed by atoms with Gasteiger partial charge in [-0.2, -0.15) is 0 Å². The molecule has 1 atom stereocenters. The van der Waals surface area contributed by atoms with E-state index < -0.39 is 0 Å². The highest BCUT2D eigenvalue weighted by Gasteiger charge is 2.18. The number of carbonyl (C=O) groups excluding carboxylic acids is 1. The summed E-state index contributed by atoms with van der Waals surface area (Å²) in [6, 6.07) is 14.8. The number of nitrogens with zero attached hydrogens (tertiary/aromatic N) is 2. The molecule has 2 heterocycles. The quantitative estimate of drug-likeness (QED) is 0.722. The van der Waals surface area contributed by atoms with Crippen LogP contribution in [0.1, 0.15) is 18.0 Å². The molecule has 0 saturated carbocycles. The van der Waals surface area contributed by atoms with E-state index >= 15 is 0 Å². The highest BCUT2D eigenvalue weighted by Crippen LogP contribution is 2.26. The fourth-order valence-corrected chi connectivity index (χ4v) is 2.79. The Hall–Kier alpha value is -2.79. The van der Waals surface area contributed by atoms with Crippen molar-refractivity contribution < 1.29 is 9.53 Å². The van der Waals surface area contributed by atoms with E-state index in [9.17, 15) is 4.79 Å². The zero-order valence-corrected chi connectivity index (χ0v) is 14.5. The van der Waals surface area contributed by atoms with E-state index in [4.69, 9.17) is 16.3 Å². The average Bonchev–Trinajstić information content (AvgIpc) is 3.15. The first-order valence-electron chi connectivity index (χ1n) is 7.84. The predicted octanol–water partition coefficient (Wildman–Crippen LogP) is 4.16. The van der Waals surface area contributed by atoms with Crippen molar-refractivity contribution in [3.63, 3.8) is 0 Å². The molecule has 0 aliphatic heterocycles. The van der Waals surface area contributed by atoms with Crippen molar-refractivity contribution in [2.24, 2.45) is 0 Å². The van der Waals surface area contributed by atoms with Crippen LogP contribution in [0.25, 0.3) is 0 Å². The van der Waals surface area contributed by atoms with Gasteiger partial charge in [-0.05, 0) is 42.0 Å². The Morgan fingerprint density at radius 2 is 1.92 bits per heavy atom. The van der Waals surface area contributed by atoms with Gasteiger partial charge in [0.2, 0.25) is 11.8 Å². The van der Waals surface area contributed by atoms with Crippen molar-refractivity contribution in [2.75, 3.05) is 12.4 Å². The van der Waals surface area contributed by atoms with Gasteiger partial charge >= 0.3 is 0 Å². The second-order valence-electron chi connectivity index (χ2n) is 5.51. The van der Waals surface area contributed by atoms with Crippen molar-refractivity contribution in [3.05, 3.63) is 77.7 Å². The van der Waals surface area contributed by atoms with Crippen LogP contribution in [-0.4, -0.2) is 22.6 Å². The molecule has 5 nitrogen and oxygen atoms in total. The number of rotatable bonds is 6. The molecule has 25 heavy (non-hydrogen) atoms. The monoisotopic (exact) mass is 355 g/mol. The van der Waals surface area contributed by atoms with E-state index in [-0.39, 0.29) is 18.4 Å². The highest BCUT2D eigenvalue weighted by molar-refractivity contribution is 6.30. The second kappa shape index (κ2) is 7.85. The van der Waals surface area contributed by atoms with Gasteiger partial charge in [0, 0.05) is 23.6 Å². The summed E-state index contributed by atoms with van der Waals surface area (Å²) in [4.78, 5) is 16.7. The van der Waals surface area contributed by atoms with Crippen LogP contribution in [0.4, 0.5) is 5.69 Å². The van der Waals surface area contributed by atoms with Crippen LogP contribution >= 0.6 is 11.6 Å². The molecular weight excluding hydrogens is 338 g/mol. The summed E-state index contributed by atoms with van der Waals surface area (Å²) in [7, 11) is 1.52. The second-order valence-corrected chi connectivity index (χ2v) is 5.95. The van der Waals surface area contributed by atoms with Crippen LogP contribution in [0.15, 0.2) is 67.1 Å². The molecule has 3 rings (SSSR count). The summed E-state index contributed by atoms with van der Waals surface area (Å²) in [5.74, 6) is 0.264. The normalized spacial score (nSPS) is 11.8. The van der Waals surface area contributed by atoms with Crippen molar-refractivity contribution in [1.29, 1.82) is 0 Å². The molecule has 1 N–H and O–H groups in total. The zero-order valence-electron chi connectivity index (χ0n) is 13.7. The number of carbonyl (C=O) groups is 1. The summed E-state index contributed by atoms with van der Waals surface area (Å²) in [6.45, 7) is 0. The Morgan fingerprint density at radius 1 is 1.20 bits per heavy atom. The fraction of sp³-hybridized carbons (Fsp3) is 0.158. The predicted molar refractivity (Wildman–Crippen MR) is 98.1 cm³/mol. The summed E-state index contributed by atoms with van der Waals surface area (Å²) in [6.07, 6.45) is 5.77. The lowest BCUT2D eigenvalue weighted by molar-refractivity contribution is -0.116. The van der Waals surface area contributed by atoms with Gasteiger partial charge in [0.15, 0.2) is 0 Å². The topological polar surface area (TPSA) is 56.1 Å². The van der Waals surface area contributed by atoms with Crippen LogP contribution in [0.2, 0.25) is 5.02 Å². The van der Waals surface area contributed by atoms with Crippen LogP contribution in [0, 0.1) is 0 Å². The minimum Gasteiger partial charge on any atom is -0.480 e. The van der Waals surface area contributed by atoms with Crippen molar-refractivity contribution in [2.45, 2.75) is 12.5 Å². The number of aromatic nitrogens is 2. The van der Waals surface area contributed by atoms with E-state index in [1.54, 1.807) is 18.3 Å². The van der Waals surface area contributed by atoms with Gasteiger partial charge in [-0.15, -0.1) is 0 Å². The first kappa shape index (κ1) is 17.0. The maximum Gasteiger partial charge on any atom is 0.237 e. The van der Waals surface area contributed by atoms with E-state index in [0.29, 0.717) is 16.6 Å². The van der Waals surface area contributed by atoms with Crippen LogP contribution < -0.4 is 10.1 Å². The number of pyridine rings is 1. The number of amides is 1. The summed E-state index contributed by atoms with van der Waals surface area (Å²) < 4.78 is 7.18. The highest BCUT2D eigenvalue weighted by atomic mass is 35.5. The smallest absolute Gasteiger partial charge is 0.237 e. The molecule has 1 aromatic carbocycles. The number of methoxy groups -OCH3 is 1. The number of ether oxygens (including phenoxy) is 1. The van der Waals surface area contributed by atoms with Crippen LogP contribution in [0.5, 0.6) is 5.88 Å². The summed E-state index contributed by atoms with van der Waals surface area (Å²) in [5.41, 5.74) is 1.56. The van der Waals surface area contributed by atoms with Crippen LogP contribution in [0.3, 0.4) is 0 Å². The molecule has 0 spiro atoms. The third-order valence-corrected chi connectivity index (χ3v) is 4.11. The largest absolute Gasteiger partial charge is 0.480 e. The molecule has 0 saturated heterocycles. The maximum atomic E-state index is 12.6. The number of benzene rings is 1. The Balaban J connectivity index is 1.80. The van der Waals surface area contributed by atoms with E-state index in [0.717, 1.165) is 5.56 Å². The molecule has 1 unspecified atom stereocenters. The van der Waals surface area contributed by atoms with Gasteiger partial charge in [0.25, 0.3) is 0 Å². The van der Waals surface area contributed by atoms with Crippen LogP contribution in [-0.2, 0) is 4.79 Å². The fourth-order valence-electron chi connectivity index (χ4n) is 2.66. The molecule has 0 aliphatic carbocycles. The van der Waals surface area contributed by atoms with Gasteiger partial charge in [-0.25, -0.2) is 4.98 Å². The Kier molecular flexibility index (Phi) is 5.36. The third kappa shape index (κ3) is 4.19. The Labute approximate surface area is 151 Å². The van der Waals surface area contributed by atoms with Gasteiger partial charge in [-0.3, -0.25) is 4.79 Å². The number of anilines is 1. The molecule has 0 radical (unpaired) electrons. The molecule has 3 aromatic rings. The maximum absolute atomic E-state index is 12.6. The van der Waals surface area contributed by atoms with Gasteiger partial charge in [-0.1, -0.05) is 23.7 Å². The molecule has 128 valence electrons. The number of hydrogen-bond donors (Lipinski definition) is 1. The molecule has 6 heteroatoms. The van der Waals surface area contributed by atoms with E-state index in [1.165, 1.54) is 7.11 Å². The van der Waals surface area contributed by atoms with E-state index in [1.807, 2.05) is 53.4 Å². The molecule has 0 aliphatic rings. The Morgan fingerprint density at radius 3 is 2.60 bits per heavy atom. The minimum atomic E-state index is -0.130. The molecule has 0 bridgehead atoms. The number of hydrogen-bond acceptors (Lipinski definition) is 3. The summed E-state index contributed by atoms with van der Waals surface area (Å²) >= 11 is 5.98. The van der Waals surface area contributed by atoms with Gasteiger partial charge in [0.05, 0.1) is 19.6 Å². The molecule has 1 amide bonds. The summed E-state index contributed by atoms with van der Waals surface area (Å²) in [5, 5.41) is 3.54. The number of halogens is 1. The van der Waals surface area contributed by atoms with E-state index in [2.05, 4.69) is 10.3 Å². The van der Waals surface area contributed by atoms with Crippen molar-refractivity contribution in [1.82, 2.24) is 9.55 Å². The zero-order chi connectivity index (χ0) is 17.6. The third-order valence-electron chi connectivity index (χ3n) is 3.86. The lowest BCUT2D eigenvalue weighted by Gasteiger charge is -2.19. The molecule has 2 aromatic heterocycles. The number of nitrogens with one attached hydrogen (secondary N) is 1. The lowest BCUT2D eigenvalue weighted by Crippen LogP contribution is -2.20. The standard InChI is InChI=1S/C19H18ClN3O2/c1-25-19-16(5-4-10-21-19)22-18(24)13-17(23-11-2-3-12-23)14-6-8-15(20)9-7-14/h2-12,17H,13H2,1H3,(H,22,24). The van der Waals surface area contributed by atoms with Crippen molar-refractivity contribution >= 4 is 23.2 Å². The van der Waals surface area contributed by atoms with Gasteiger partial charge < -0.3 is 14.6 Å². The molecular formula is C19H18ClN3O2. The van der Waals surface area contributed by atoms with Crippen molar-refractivity contribution in [3.8, 4) is 5.88 Å². The first-order chi connectivity index (χ1) is 12.2. The first-order valence-corrected chi connectivity index (χ1v) is 8.22. The minimum absolute atomic E-state index is 0.125. The van der Waals surface area contributed by atoms with Gasteiger partial charge in [0.1, 0.15) is 5.69 Å². The SMILES string of the molecule is COc1ncccc1NC(=O)CC(c1ccc(Cl)cc1)n1cccc1.